The van der Waals surface area contributed by atoms with Crippen LogP contribution in [-0.2, 0) is 23.9 Å². The van der Waals surface area contributed by atoms with Gasteiger partial charge in [0.15, 0.2) is 0 Å². The summed E-state index contributed by atoms with van der Waals surface area (Å²) >= 11 is 0. The number of carbonyl (C=O) groups excluding carboxylic acids is 3. The fourth-order valence-electron chi connectivity index (χ4n) is 2.89. The van der Waals surface area contributed by atoms with Crippen LogP contribution in [0.1, 0.15) is 33.1 Å². The van der Waals surface area contributed by atoms with Crippen molar-refractivity contribution in [3.8, 4) is 0 Å². The molecule has 0 unspecified atom stereocenters. The lowest BCUT2D eigenvalue weighted by Crippen LogP contribution is -2.42. The number of likely N-dealkylation sites (tertiary alicyclic amines) is 1. The highest BCUT2D eigenvalue weighted by atomic mass is 16.5. The third kappa shape index (κ3) is 8.39. The summed E-state index contributed by atoms with van der Waals surface area (Å²) in [5.41, 5.74) is -0.474. The van der Waals surface area contributed by atoms with Crippen molar-refractivity contribution in [2.24, 2.45) is 5.41 Å². The van der Waals surface area contributed by atoms with Crippen LogP contribution in [0.15, 0.2) is 24.3 Å². The molecule has 1 fully saturated rings. The van der Waals surface area contributed by atoms with Crippen LogP contribution < -0.4 is 0 Å². The van der Waals surface area contributed by atoms with Crippen molar-refractivity contribution in [1.82, 2.24) is 9.80 Å². The Hall–Kier alpha value is -2.15. The quantitative estimate of drug-likeness (QED) is 0.448. The topological polar surface area (TPSA) is 76.2 Å². The molecule has 0 saturated carbocycles. The van der Waals surface area contributed by atoms with Gasteiger partial charge in [0, 0.05) is 43.6 Å². The van der Waals surface area contributed by atoms with Crippen molar-refractivity contribution in [3.05, 3.63) is 24.3 Å². The van der Waals surface area contributed by atoms with Gasteiger partial charge < -0.3 is 19.3 Å². The van der Waals surface area contributed by atoms with Crippen molar-refractivity contribution in [3.63, 3.8) is 0 Å². The molecule has 1 amide bonds. The number of ether oxygens (including phenoxy) is 2. The van der Waals surface area contributed by atoms with Crippen molar-refractivity contribution in [2.75, 3.05) is 46.9 Å². The largest absolute Gasteiger partial charge is 0.463 e. The van der Waals surface area contributed by atoms with E-state index in [2.05, 4.69) is 0 Å². The number of nitrogens with zero attached hydrogens (tertiary/aromatic N) is 2. The Labute approximate surface area is 162 Å². The molecule has 0 spiro atoms. The van der Waals surface area contributed by atoms with Gasteiger partial charge in [-0.25, -0.2) is 9.59 Å². The number of hydrogen-bond donors (Lipinski definition) is 0. The van der Waals surface area contributed by atoms with Crippen molar-refractivity contribution in [1.29, 1.82) is 0 Å². The molecule has 0 aromatic rings. The van der Waals surface area contributed by atoms with Gasteiger partial charge in [-0.2, -0.15) is 0 Å². The first-order valence-electron chi connectivity index (χ1n) is 9.46. The molecule has 0 aromatic carbocycles. The van der Waals surface area contributed by atoms with Crippen LogP contribution in [0.5, 0.6) is 0 Å². The molecular formula is C20H32N2O5. The van der Waals surface area contributed by atoms with E-state index in [9.17, 15) is 14.4 Å². The van der Waals surface area contributed by atoms with Crippen molar-refractivity contribution < 1.29 is 23.9 Å². The minimum Gasteiger partial charge on any atom is -0.463 e. The van der Waals surface area contributed by atoms with Crippen LogP contribution >= 0.6 is 0 Å². The minimum atomic E-state index is -0.474. The molecular weight excluding hydrogens is 348 g/mol. The molecule has 0 atom stereocenters. The van der Waals surface area contributed by atoms with E-state index in [1.54, 1.807) is 26.0 Å². The van der Waals surface area contributed by atoms with Gasteiger partial charge >= 0.3 is 11.9 Å². The molecule has 0 aromatic heterocycles. The number of carbonyl (C=O) groups is 3. The maximum absolute atomic E-state index is 12.3. The monoisotopic (exact) mass is 380 g/mol. The number of esters is 2. The molecule has 0 aliphatic carbocycles. The fraction of sp³-hybridized carbons (Fsp3) is 0.650. The van der Waals surface area contributed by atoms with E-state index in [0.29, 0.717) is 52.1 Å². The summed E-state index contributed by atoms with van der Waals surface area (Å²) in [7, 11) is 3.88. The summed E-state index contributed by atoms with van der Waals surface area (Å²) in [5.74, 6) is -0.696. The number of rotatable bonds is 9. The van der Waals surface area contributed by atoms with Gasteiger partial charge in [-0.15, -0.1) is 0 Å². The highest BCUT2D eigenvalue weighted by Gasteiger charge is 2.32. The third-order valence-electron chi connectivity index (χ3n) is 4.50. The van der Waals surface area contributed by atoms with Crippen LogP contribution in [0.4, 0.5) is 0 Å². The average molecular weight is 380 g/mol. The molecule has 152 valence electrons. The average Bonchev–Trinajstić information content (AvgIpc) is 2.64. The Kier molecular flexibility index (Phi) is 9.78. The molecule has 0 N–H and O–H groups in total. The van der Waals surface area contributed by atoms with Gasteiger partial charge in [0.2, 0.25) is 5.91 Å². The lowest BCUT2D eigenvalue weighted by Gasteiger charge is -2.38. The fourth-order valence-corrected chi connectivity index (χ4v) is 2.89. The Balaban J connectivity index is 2.81. The van der Waals surface area contributed by atoms with E-state index in [1.165, 1.54) is 12.2 Å². The minimum absolute atomic E-state index is 0.126. The first kappa shape index (κ1) is 22.9. The summed E-state index contributed by atoms with van der Waals surface area (Å²) in [5, 5.41) is 0. The number of piperidine rings is 1. The predicted molar refractivity (Wildman–Crippen MR) is 103 cm³/mol. The summed E-state index contributed by atoms with van der Waals surface area (Å²) in [4.78, 5) is 39.6. The second-order valence-corrected chi connectivity index (χ2v) is 6.84. The molecule has 1 rings (SSSR count). The van der Waals surface area contributed by atoms with Gasteiger partial charge in [0.1, 0.15) is 0 Å². The van der Waals surface area contributed by atoms with Crippen LogP contribution in [-0.4, -0.2) is 74.6 Å². The zero-order chi connectivity index (χ0) is 20.3. The van der Waals surface area contributed by atoms with E-state index >= 15 is 0 Å². The van der Waals surface area contributed by atoms with Gasteiger partial charge in [0.05, 0.1) is 13.2 Å². The number of allylic oxidation sites excluding steroid dienone is 2. The normalized spacial score (nSPS) is 16.9. The van der Waals surface area contributed by atoms with Crippen LogP contribution in [0.2, 0.25) is 0 Å². The summed E-state index contributed by atoms with van der Waals surface area (Å²) < 4.78 is 9.89. The van der Waals surface area contributed by atoms with Crippen molar-refractivity contribution >= 4 is 17.8 Å². The summed E-state index contributed by atoms with van der Waals surface area (Å²) in [6.45, 7) is 5.98. The van der Waals surface area contributed by atoms with E-state index in [1.807, 2.05) is 23.9 Å². The van der Waals surface area contributed by atoms with Gasteiger partial charge in [-0.05, 0) is 40.8 Å². The maximum atomic E-state index is 12.3. The molecule has 7 nitrogen and oxygen atoms in total. The zero-order valence-corrected chi connectivity index (χ0v) is 16.9. The van der Waals surface area contributed by atoms with Crippen LogP contribution in [0, 0.1) is 5.41 Å². The van der Waals surface area contributed by atoms with Crippen LogP contribution in [0.25, 0.3) is 0 Å². The van der Waals surface area contributed by atoms with E-state index in [-0.39, 0.29) is 5.91 Å². The Bertz CT molecular complexity index is 531. The van der Waals surface area contributed by atoms with Gasteiger partial charge in [-0.1, -0.05) is 12.2 Å². The maximum Gasteiger partial charge on any atom is 0.330 e. The predicted octanol–water partition coefficient (Wildman–Crippen LogP) is 1.79. The Morgan fingerprint density at radius 3 is 1.85 bits per heavy atom. The molecule has 1 aliphatic rings. The second-order valence-electron chi connectivity index (χ2n) is 6.84. The molecule has 1 aliphatic heterocycles. The highest BCUT2D eigenvalue weighted by molar-refractivity contribution is 5.83. The summed E-state index contributed by atoms with van der Waals surface area (Å²) in [6, 6.07) is 0. The molecule has 1 heterocycles. The first-order chi connectivity index (χ1) is 12.8. The summed E-state index contributed by atoms with van der Waals surface area (Å²) in [6.07, 6.45) is 8.12. The van der Waals surface area contributed by atoms with E-state index in [0.717, 1.165) is 0 Å². The molecule has 0 radical (unpaired) electrons. The van der Waals surface area contributed by atoms with E-state index < -0.39 is 17.4 Å². The SMILES string of the molecule is CCOC(=O)/C=C/C1(/C=C/C(=O)OCC)CCN(C(=O)CCN(C)C)CC1. The van der Waals surface area contributed by atoms with Crippen molar-refractivity contribution in [2.45, 2.75) is 33.1 Å². The standard InChI is InChI=1S/C20H32N2O5/c1-5-26-18(24)7-10-20(11-8-19(25)27-6-2)12-15-22(16-13-20)17(23)9-14-21(3)4/h7-8,10-11H,5-6,9,12-16H2,1-4H3/b10-7+,11-8+. The van der Waals surface area contributed by atoms with Gasteiger partial charge in [0.25, 0.3) is 0 Å². The van der Waals surface area contributed by atoms with Crippen LogP contribution in [0.3, 0.4) is 0 Å². The number of hydrogen-bond acceptors (Lipinski definition) is 6. The zero-order valence-electron chi connectivity index (χ0n) is 16.9. The lowest BCUT2D eigenvalue weighted by molar-refractivity contribution is -0.138. The second kappa shape index (κ2) is 11.5. The number of amides is 1. The molecule has 1 saturated heterocycles. The molecule has 27 heavy (non-hydrogen) atoms. The smallest absolute Gasteiger partial charge is 0.330 e. The molecule has 7 heteroatoms. The molecule has 0 bridgehead atoms. The first-order valence-corrected chi connectivity index (χ1v) is 9.46. The Morgan fingerprint density at radius 1 is 0.963 bits per heavy atom. The van der Waals surface area contributed by atoms with Gasteiger partial charge in [-0.3, -0.25) is 4.79 Å². The third-order valence-corrected chi connectivity index (χ3v) is 4.50. The Morgan fingerprint density at radius 2 is 1.44 bits per heavy atom. The van der Waals surface area contributed by atoms with E-state index in [4.69, 9.17) is 9.47 Å². The lowest BCUT2D eigenvalue weighted by atomic mass is 9.77. The highest BCUT2D eigenvalue weighted by Crippen LogP contribution is 2.35.